The highest BCUT2D eigenvalue weighted by molar-refractivity contribution is 4.75. The summed E-state index contributed by atoms with van der Waals surface area (Å²) < 4.78 is 15.4. The summed E-state index contributed by atoms with van der Waals surface area (Å²) in [7, 11) is 1.66. The van der Waals surface area contributed by atoms with Gasteiger partial charge in [-0.15, -0.1) is 0 Å². The van der Waals surface area contributed by atoms with E-state index in [0.717, 1.165) is 19.6 Å². The first-order valence-corrected chi connectivity index (χ1v) is 4.74. The van der Waals surface area contributed by atoms with Crippen LogP contribution in [0.25, 0.3) is 0 Å². The smallest absolute Gasteiger partial charge is 0.0701 e. The van der Waals surface area contributed by atoms with E-state index in [9.17, 15) is 0 Å². The van der Waals surface area contributed by atoms with Crippen LogP contribution < -0.4 is 5.73 Å². The third-order valence-electron chi connectivity index (χ3n) is 2.31. The lowest BCUT2D eigenvalue weighted by Gasteiger charge is -2.17. The number of hydrogen-bond acceptors (Lipinski definition) is 4. The van der Waals surface area contributed by atoms with Crippen LogP contribution in [0.5, 0.6) is 0 Å². The van der Waals surface area contributed by atoms with Gasteiger partial charge in [0.1, 0.15) is 0 Å². The average molecular weight is 189 g/mol. The van der Waals surface area contributed by atoms with Gasteiger partial charge in [-0.1, -0.05) is 0 Å². The molecule has 1 saturated heterocycles. The van der Waals surface area contributed by atoms with E-state index in [1.165, 1.54) is 0 Å². The Morgan fingerprint density at radius 3 is 3.00 bits per heavy atom. The predicted octanol–water partition coefficient (Wildman–Crippen LogP) is 0.0132. The first-order chi connectivity index (χ1) is 6.34. The second-order valence-corrected chi connectivity index (χ2v) is 3.36. The van der Waals surface area contributed by atoms with E-state index in [4.69, 9.17) is 19.9 Å². The molecule has 0 amide bonds. The van der Waals surface area contributed by atoms with Gasteiger partial charge in [0.05, 0.1) is 26.4 Å². The fourth-order valence-electron chi connectivity index (χ4n) is 1.39. The Morgan fingerprint density at radius 1 is 1.54 bits per heavy atom. The highest BCUT2D eigenvalue weighted by atomic mass is 16.5. The molecule has 2 atom stereocenters. The Morgan fingerprint density at radius 2 is 2.38 bits per heavy atom. The van der Waals surface area contributed by atoms with Crippen molar-refractivity contribution in [1.29, 1.82) is 0 Å². The second kappa shape index (κ2) is 6.32. The van der Waals surface area contributed by atoms with Crippen molar-refractivity contribution in [3.05, 3.63) is 0 Å². The quantitative estimate of drug-likeness (QED) is 0.598. The summed E-state index contributed by atoms with van der Waals surface area (Å²) in [4.78, 5) is 0. The number of methoxy groups -OCH3 is 1. The zero-order valence-corrected chi connectivity index (χ0v) is 8.20. The van der Waals surface area contributed by atoms with Crippen molar-refractivity contribution in [2.45, 2.75) is 12.5 Å². The van der Waals surface area contributed by atoms with Crippen LogP contribution in [0, 0.1) is 5.92 Å². The Kier molecular flexibility index (Phi) is 5.31. The van der Waals surface area contributed by atoms with Crippen LogP contribution in [0.2, 0.25) is 0 Å². The molecule has 2 unspecified atom stereocenters. The molecular formula is C9H19NO3. The van der Waals surface area contributed by atoms with E-state index >= 15 is 0 Å². The van der Waals surface area contributed by atoms with E-state index < -0.39 is 0 Å². The van der Waals surface area contributed by atoms with Crippen LogP contribution in [-0.2, 0) is 14.2 Å². The number of nitrogens with two attached hydrogens (primary N) is 1. The van der Waals surface area contributed by atoms with Gasteiger partial charge in [-0.3, -0.25) is 0 Å². The minimum atomic E-state index is 0.111. The average Bonchev–Trinajstić information content (AvgIpc) is 2.65. The van der Waals surface area contributed by atoms with Gasteiger partial charge in [0, 0.05) is 25.7 Å². The molecule has 1 aliphatic heterocycles. The van der Waals surface area contributed by atoms with Gasteiger partial charge in [0.2, 0.25) is 0 Å². The fraction of sp³-hybridized carbons (Fsp3) is 1.00. The van der Waals surface area contributed by atoms with Crippen LogP contribution in [-0.4, -0.2) is 46.2 Å². The summed E-state index contributed by atoms with van der Waals surface area (Å²) in [6.45, 7) is 3.49. The predicted molar refractivity (Wildman–Crippen MR) is 49.6 cm³/mol. The molecule has 0 aromatic carbocycles. The van der Waals surface area contributed by atoms with Crippen LogP contribution in [0.15, 0.2) is 0 Å². The molecule has 0 spiro atoms. The molecule has 1 aliphatic rings. The van der Waals surface area contributed by atoms with E-state index in [-0.39, 0.29) is 6.04 Å². The maximum Gasteiger partial charge on any atom is 0.0701 e. The van der Waals surface area contributed by atoms with E-state index in [2.05, 4.69) is 0 Å². The van der Waals surface area contributed by atoms with Crippen molar-refractivity contribution in [3.63, 3.8) is 0 Å². The lowest BCUT2D eigenvalue weighted by atomic mass is 10.0. The van der Waals surface area contributed by atoms with Crippen LogP contribution in [0.1, 0.15) is 6.42 Å². The summed E-state index contributed by atoms with van der Waals surface area (Å²) in [6, 6.07) is 0.111. The number of rotatable bonds is 6. The van der Waals surface area contributed by atoms with Gasteiger partial charge in [-0.05, 0) is 6.42 Å². The van der Waals surface area contributed by atoms with Crippen molar-refractivity contribution in [3.8, 4) is 0 Å². The van der Waals surface area contributed by atoms with Crippen LogP contribution in [0.3, 0.4) is 0 Å². The largest absolute Gasteiger partial charge is 0.382 e. The van der Waals surface area contributed by atoms with Gasteiger partial charge in [-0.25, -0.2) is 0 Å². The zero-order valence-electron chi connectivity index (χ0n) is 8.20. The van der Waals surface area contributed by atoms with Crippen molar-refractivity contribution < 1.29 is 14.2 Å². The monoisotopic (exact) mass is 189 g/mol. The molecular weight excluding hydrogens is 170 g/mol. The summed E-state index contributed by atoms with van der Waals surface area (Å²) in [5.74, 6) is 0.475. The molecule has 1 rings (SSSR count). The molecule has 1 heterocycles. The third kappa shape index (κ3) is 4.04. The number of hydrogen-bond donors (Lipinski definition) is 1. The summed E-state index contributed by atoms with van der Waals surface area (Å²) >= 11 is 0. The molecule has 78 valence electrons. The molecule has 13 heavy (non-hydrogen) atoms. The van der Waals surface area contributed by atoms with Gasteiger partial charge in [0.15, 0.2) is 0 Å². The molecule has 0 radical (unpaired) electrons. The maximum atomic E-state index is 5.92. The first kappa shape index (κ1) is 10.9. The van der Waals surface area contributed by atoms with Gasteiger partial charge >= 0.3 is 0 Å². The van der Waals surface area contributed by atoms with Gasteiger partial charge < -0.3 is 19.9 Å². The third-order valence-corrected chi connectivity index (χ3v) is 2.31. The normalized spacial score (nSPS) is 24.9. The molecule has 0 aromatic heterocycles. The van der Waals surface area contributed by atoms with Crippen molar-refractivity contribution in [2.75, 3.05) is 40.1 Å². The van der Waals surface area contributed by atoms with Gasteiger partial charge in [-0.2, -0.15) is 0 Å². The molecule has 0 saturated carbocycles. The molecule has 4 heteroatoms. The molecule has 0 aromatic rings. The lowest BCUT2D eigenvalue weighted by molar-refractivity contribution is 0.0542. The molecule has 1 fully saturated rings. The van der Waals surface area contributed by atoms with Crippen molar-refractivity contribution >= 4 is 0 Å². The Labute approximate surface area is 79.3 Å². The molecule has 0 bridgehead atoms. The fourth-order valence-corrected chi connectivity index (χ4v) is 1.39. The minimum absolute atomic E-state index is 0.111. The highest BCUT2D eigenvalue weighted by Crippen LogP contribution is 2.15. The number of ether oxygens (including phenoxy) is 3. The Hall–Kier alpha value is -0.160. The van der Waals surface area contributed by atoms with E-state index in [0.29, 0.717) is 25.7 Å². The topological polar surface area (TPSA) is 53.7 Å². The first-order valence-electron chi connectivity index (χ1n) is 4.74. The maximum absolute atomic E-state index is 5.92. The van der Waals surface area contributed by atoms with Crippen molar-refractivity contribution in [2.24, 2.45) is 11.7 Å². The SMILES string of the molecule is COCCOCC(N)C1CCOC1. The summed E-state index contributed by atoms with van der Waals surface area (Å²) in [5.41, 5.74) is 5.92. The molecule has 4 nitrogen and oxygen atoms in total. The van der Waals surface area contributed by atoms with Crippen LogP contribution in [0.4, 0.5) is 0 Å². The van der Waals surface area contributed by atoms with Crippen LogP contribution >= 0.6 is 0 Å². The Balaban J connectivity index is 1.99. The van der Waals surface area contributed by atoms with E-state index in [1.807, 2.05) is 0 Å². The summed E-state index contributed by atoms with van der Waals surface area (Å²) in [5, 5.41) is 0. The summed E-state index contributed by atoms with van der Waals surface area (Å²) in [6.07, 6.45) is 1.06. The lowest BCUT2D eigenvalue weighted by Crippen LogP contribution is -2.35. The molecule has 0 aliphatic carbocycles. The zero-order chi connectivity index (χ0) is 9.52. The van der Waals surface area contributed by atoms with Crippen molar-refractivity contribution in [1.82, 2.24) is 0 Å². The van der Waals surface area contributed by atoms with E-state index in [1.54, 1.807) is 7.11 Å². The van der Waals surface area contributed by atoms with Gasteiger partial charge in [0.25, 0.3) is 0 Å². The Bertz CT molecular complexity index is 126. The second-order valence-electron chi connectivity index (χ2n) is 3.36. The molecule has 2 N–H and O–H groups in total. The highest BCUT2D eigenvalue weighted by Gasteiger charge is 2.22. The minimum Gasteiger partial charge on any atom is -0.382 e. The standard InChI is InChI=1S/C9H19NO3/c1-11-4-5-13-7-9(10)8-2-3-12-6-8/h8-9H,2-7,10H2,1H3.